The fraction of sp³-hybridized carbons (Fsp3) is 0.409. The van der Waals surface area contributed by atoms with Gasteiger partial charge >= 0.3 is 0 Å². The third kappa shape index (κ3) is 2.92. The van der Waals surface area contributed by atoms with Gasteiger partial charge in [0, 0.05) is 24.7 Å². The molecule has 1 amide bonds. The van der Waals surface area contributed by atoms with Crippen LogP contribution in [0.15, 0.2) is 48.5 Å². The first-order chi connectivity index (χ1) is 12.6. The number of carbonyl (C=O) groups excluding carboxylic acids is 1. The molecule has 2 aromatic rings. The maximum atomic E-state index is 13.4. The standard InChI is InChI=1S/C22H25FN2O/c1-14-10-16-13-25(21(12-24)20(16)11-14)22(26)19-5-3-2-4-18(19)15-6-8-17(23)9-7-15/h2-9,14,16,20-21H,10-13,24H2,1H3/t14?,16-,20-,21+/m0/s1. The second kappa shape index (κ2) is 6.84. The molecule has 0 bridgehead atoms. The van der Waals surface area contributed by atoms with Gasteiger partial charge in [0.25, 0.3) is 5.91 Å². The first kappa shape index (κ1) is 17.2. The van der Waals surface area contributed by atoms with Gasteiger partial charge in [-0.3, -0.25) is 4.79 Å². The third-order valence-corrected chi connectivity index (χ3v) is 6.13. The average Bonchev–Trinajstić information content (AvgIpc) is 3.17. The number of benzene rings is 2. The highest BCUT2D eigenvalue weighted by atomic mass is 19.1. The highest BCUT2D eigenvalue weighted by Crippen LogP contribution is 2.45. The van der Waals surface area contributed by atoms with Gasteiger partial charge in [-0.1, -0.05) is 37.3 Å². The molecule has 1 saturated heterocycles. The number of likely N-dealkylation sites (tertiary alicyclic amines) is 1. The maximum absolute atomic E-state index is 13.4. The molecule has 1 heterocycles. The van der Waals surface area contributed by atoms with E-state index in [1.54, 1.807) is 12.1 Å². The van der Waals surface area contributed by atoms with Gasteiger partial charge in [0.2, 0.25) is 0 Å². The minimum Gasteiger partial charge on any atom is -0.334 e. The van der Waals surface area contributed by atoms with Crippen LogP contribution in [0, 0.1) is 23.6 Å². The van der Waals surface area contributed by atoms with Crippen LogP contribution in [-0.4, -0.2) is 29.9 Å². The van der Waals surface area contributed by atoms with Crippen molar-refractivity contribution >= 4 is 5.91 Å². The number of rotatable bonds is 3. The number of halogens is 1. The second-order valence-electron chi connectivity index (χ2n) is 7.81. The summed E-state index contributed by atoms with van der Waals surface area (Å²) in [6.07, 6.45) is 2.35. The van der Waals surface area contributed by atoms with E-state index in [9.17, 15) is 9.18 Å². The van der Waals surface area contributed by atoms with Crippen molar-refractivity contribution in [3.63, 3.8) is 0 Å². The number of hydrogen-bond acceptors (Lipinski definition) is 2. The lowest BCUT2D eigenvalue weighted by molar-refractivity contribution is 0.0716. The number of amides is 1. The zero-order valence-corrected chi connectivity index (χ0v) is 15.1. The van der Waals surface area contributed by atoms with Gasteiger partial charge in [-0.25, -0.2) is 4.39 Å². The Morgan fingerprint density at radius 3 is 2.62 bits per heavy atom. The van der Waals surface area contributed by atoms with Gasteiger partial charge in [-0.05, 0) is 59.9 Å². The Morgan fingerprint density at radius 1 is 1.15 bits per heavy atom. The van der Waals surface area contributed by atoms with Crippen LogP contribution in [0.2, 0.25) is 0 Å². The lowest BCUT2D eigenvalue weighted by Gasteiger charge is -2.28. The fourth-order valence-electron chi connectivity index (χ4n) is 4.99. The minimum absolute atomic E-state index is 0.0439. The Hall–Kier alpha value is -2.20. The normalized spacial score (nSPS) is 27.6. The number of fused-ring (bicyclic) bond motifs is 1. The van der Waals surface area contributed by atoms with Crippen molar-refractivity contribution in [2.24, 2.45) is 23.5 Å². The molecule has 4 rings (SSSR count). The molecular weight excluding hydrogens is 327 g/mol. The molecule has 0 aromatic heterocycles. The quantitative estimate of drug-likeness (QED) is 0.909. The van der Waals surface area contributed by atoms with Crippen LogP contribution in [0.5, 0.6) is 0 Å². The number of hydrogen-bond donors (Lipinski definition) is 1. The maximum Gasteiger partial charge on any atom is 0.254 e. The molecule has 136 valence electrons. The van der Waals surface area contributed by atoms with Gasteiger partial charge in [0.05, 0.1) is 0 Å². The van der Waals surface area contributed by atoms with Crippen LogP contribution < -0.4 is 5.73 Å². The van der Waals surface area contributed by atoms with Crippen molar-refractivity contribution in [3.8, 4) is 11.1 Å². The van der Waals surface area contributed by atoms with E-state index in [2.05, 4.69) is 6.92 Å². The summed E-state index contributed by atoms with van der Waals surface area (Å²) in [5.74, 6) is 1.59. The highest BCUT2D eigenvalue weighted by Gasteiger charge is 2.47. The first-order valence-corrected chi connectivity index (χ1v) is 9.44. The van der Waals surface area contributed by atoms with Crippen molar-refractivity contribution in [1.29, 1.82) is 0 Å². The van der Waals surface area contributed by atoms with E-state index in [1.165, 1.54) is 18.6 Å². The Bertz CT molecular complexity index is 804. The summed E-state index contributed by atoms with van der Waals surface area (Å²) >= 11 is 0. The lowest BCUT2D eigenvalue weighted by Crippen LogP contribution is -2.43. The first-order valence-electron chi connectivity index (χ1n) is 9.44. The molecule has 1 saturated carbocycles. The predicted molar refractivity (Wildman–Crippen MR) is 101 cm³/mol. The summed E-state index contributed by atoms with van der Waals surface area (Å²) in [6.45, 7) is 3.60. The van der Waals surface area contributed by atoms with Crippen molar-refractivity contribution in [2.45, 2.75) is 25.8 Å². The monoisotopic (exact) mass is 352 g/mol. The van der Waals surface area contributed by atoms with E-state index in [0.29, 0.717) is 23.9 Å². The number of nitrogens with two attached hydrogens (primary N) is 1. The molecule has 4 heteroatoms. The Morgan fingerprint density at radius 2 is 1.88 bits per heavy atom. The van der Waals surface area contributed by atoms with Gasteiger partial charge in [0.15, 0.2) is 0 Å². The molecule has 1 unspecified atom stereocenters. The minimum atomic E-state index is -0.276. The van der Waals surface area contributed by atoms with E-state index in [0.717, 1.165) is 30.0 Å². The number of nitrogens with zero attached hydrogens (tertiary/aromatic N) is 1. The van der Waals surface area contributed by atoms with Crippen molar-refractivity contribution in [3.05, 3.63) is 59.9 Å². The molecule has 4 atom stereocenters. The van der Waals surface area contributed by atoms with Crippen LogP contribution in [0.1, 0.15) is 30.1 Å². The summed E-state index contributed by atoms with van der Waals surface area (Å²) in [6, 6.07) is 14.0. The molecule has 0 radical (unpaired) electrons. The van der Waals surface area contributed by atoms with Crippen LogP contribution in [0.3, 0.4) is 0 Å². The lowest BCUT2D eigenvalue weighted by atomic mass is 9.93. The SMILES string of the molecule is CC1C[C@H]2CN(C(=O)c3ccccc3-c3ccc(F)cc3)[C@H](CN)[C@H]2C1. The van der Waals surface area contributed by atoms with Crippen LogP contribution in [-0.2, 0) is 0 Å². The van der Waals surface area contributed by atoms with Crippen LogP contribution in [0.25, 0.3) is 11.1 Å². The van der Waals surface area contributed by atoms with E-state index >= 15 is 0 Å². The molecule has 1 aliphatic heterocycles. The van der Waals surface area contributed by atoms with E-state index in [4.69, 9.17) is 5.73 Å². The predicted octanol–water partition coefficient (Wildman–Crippen LogP) is 3.94. The Kier molecular flexibility index (Phi) is 4.53. The van der Waals surface area contributed by atoms with Crippen LogP contribution >= 0.6 is 0 Å². The summed E-state index contributed by atoms with van der Waals surface area (Å²) in [4.78, 5) is 15.4. The van der Waals surface area contributed by atoms with Crippen molar-refractivity contribution < 1.29 is 9.18 Å². The van der Waals surface area contributed by atoms with Crippen LogP contribution in [0.4, 0.5) is 4.39 Å². The largest absolute Gasteiger partial charge is 0.334 e. The van der Waals surface area contributed by atoms with Gasteiger partial charge in [0.1, 0.15) is 5.82 Å². The summed E-state index contributed by atoms with van der Waals surface area (Å²) in [5.41, 5.74) is 8.44. The molecule has 2 aliphatic rings. The van der Waals surface area contributed by atoms with E-state index in [1.807, 2.05) is 29.2 Å². The van der Waals surface area contributed by atoms with Crippen molar-refractivity contribution in [1.82, 2.24) is 4.90 Å². The number of carbonyl (C=O) groups is 1. The Labute approximate surface area is 154 Å². The molecule has 2 fully saturated rings. The molecule has 2 aromatic carbocycles. The molecule has 2 N–H and O–H groups in total. The van der Waals surface area contributed by atoms with Gasteiger partial charge in [-0.15, -0.1) is 0 Å². The molecule has 26 heavy (non-hydrogen) atoms. The molecule has 3 nitrogen and oxygen atoms in total. The molecule has 0 spiro atoms. The second-order valence-corrected chi connectivity index (χ2v) is 7.81. The zero-order valence-electron chi connectivity index (χ0n) is 15.1. The highest BCUT2D eigenvalue weighted by molar-refractivity contribution is 6.01. The Balaban J connectivity index is 1.66. The summed E-state index contributed by atoms with van der Waals surface area (Å²) < 4.78 is 13.3. The fourth-order valence-corrected chi connectivity index (χ4v) is 4.99. The zero-order chi connectivity index (χ0) is 18.3. The van der Waals surface area contributed by atoms with E-state index in [-0.39, 0.29) is 17.8 Å². The van der Waals surface area contributed by atoms with E-state index < -0.39 is 0 Å². The summed E-state index contributed by atoms with van der Waals surface area (Å²) in [5, 5.41) is 0. The smallest absolute Gasteiger partial charge is 0.254 e. The average molecular weight is 352 g/mol. The van der Waals surface area contributed by atoms with Crippen molar-refractivity contribution in [2.75, 3.05) is 13.1 Å². The third-order valence-electron chi connectivity index (χ3n) is 6.13. The molecular formula is C22H25FN2O. The topological polar surface area (TPSA) is 46.3 Å². The van der Waals surface area contributed by atoms with Gasteiger partial charge in [-0.2, -0.15) is 0 Å². The summed E-state index contributed by atoms with van der Waals surface area (Å²) in [7, 11) is 0. The van der Waals surface area contributed by atoms with Gasteiger partial charge < -0.3 is 10.6 Å². The molecule has 1 aliphatic carbocycles.